The molecule has 1 fully saturated rings. The first kappa shape index (κ1) is 15.7. The number of rotatable bonds is 4. The van der Waals surface area contributed by atoms with Crippen molar-refractivity contribution in [1.82, 2.24) is 14.1 Å². The molecule has 2 heterocycles. The lowest BCUT2D eigenvalue weighted by Gasteiger charge is -2.37. The van der Waals surface area contributed by atoms with Gasteiger partial charge in [-0.2, -0.15) is 9.40 Å². The third-order valence-electron chi connectivity index (χ3n) is 3.61. The van der Waals surface area contributed by atoms with Crippen molar-refractivity contribution in [2.45, 2.75) is 30.0 Å². The number of nitrogens with two attached hydrogens (primary N) is 1. The molecule has 0 amide bonds. The number of ether oxygens (including phenoxy) is 1. The topological polar surface area (TPSA) is 90.5 Å². The lowest BCUT2D eigenvalue weighted by molar-refractivity contribution is 0.0400. The molecule has 0 aromatic carbocycles. The van der Waals surface area contributed by atoms with Crippen molar-refractivity contribution in [3.63, 3.8) is 0 Å². The Morgan fingerprint density at radius 1 is 1.60 bits per heavy atom. The summed E-state index contributed by atoms with van der Waals surface area (Å²) >= 11 is 5.95. The highest BCUT2D eigenvalue weighted by Gasteiger charge is 2.38. The largest absolute Gasteiger partial charge is 0.381 e. The van der Waals surface area contributed by atoms with E-state index in [9.17, 15) is 8.42 Å². The molecule has 1 aliphatic heterocycles. The smallest absolute Gasteiger partial charge is 0.262 e. The maximum atomic E-state index is 12.7. The van der Waals surface area contributed by atoms with Gasteiger partial charge in [0.25, 0.3) is 10.0 Å². The summed E-state index contributed by atoms with van der Waals surface area (Å²) in [6.07, 6.45) is 2.59. The number of halogens is 1. The summed E-state index contributed by atoms with van der Waals surface area (Å²) in [6, 6.07) is -0.287. The van der Waals surface area contributed by atoms with Gasteiger partial charge in [0.05, 0.1) is 17.3 Å². The quantitative estimate of drug-likeness (QED) is 0.855. The molecule has 2 atom stereocenters. The molecule has 9 heteroatoms. The van der Waals surface area contributed by atoms with Crippen molar-refractivity contribution < 1.29 is 13.2 Å². The number of hydrogen-bond donors (Lipinski definition) is 1. The van der Waals surface area contributed by atoms with Crippen molar-refractivity contribution >= 4 is 21.6 Å². The fourth-order valence-electron chi connectivity index (χ4n) is 2.54. The van der Waals surface area contributed by atoms with Crippen LogP contribution in [0.15, 0.2) is 11.2 Å². The fourth-order valence-corrected chi connectivity index (χ4v) is 4.81. The number of aromatic nitrogens is 2. The Kier molecular flexibility index (Phi) is 4.70. The van der Waals surface area contributed by atoms with E-state index in [0.717, 1.165) is 0 Å². The molecule has 20 heavy (non-hydrogen) atoms. The number of nitrogens with zero attached hydrogens (tertiary/aromatic N) is 3. The summed E-state index contributed by atoms with van der Waals surface area (Å²) in [4.78, 5) is 0. The molecule has 1 aromatic heterocycles. The Balaban J connectivity index is 2.34. The highest BCUT2D eigenvalue weighted by molar-refractivity contribution is 7.89. The molecule has 0 bridgehead atoms. The molecule has 0 spiro atoms. The van der Waals surface area contributed by atoms with Crippen molar-refractivity contribution in [1.29, 1.82) is 0 Å². The van der Waals surface area contributed by atoms with E-state index < -0.39 is 10.0 Å². The maximum Gasteiger partial charge on any atom is 0.262 e. The summed E-state index contributed by atoms with van der Waals surface area (Å²) in [5.41, 5.74) is 5.72. The summed E-state index contributed by atoms with van der Waals surface area (Å²) in [5, 5.41) is 4.01. The van der Waals surface area contributed by atoms with Crippen LogP contribution in [0.4, 0.5) is 0 Å². The zero-order valence-electron chi connectivity index (χ0n) is 11.5. The molecule has 1 aliphatic rings. The Morgan fingerprint density at radius 2 is 2.30 bits per heavy atom. The second kappa shape index (κ2) is 5.98. The van der Waals surface area contributed by atoms with Crippen LogP contribution in [-0.2, 0) is 21.8 Å². The van der Waals surface area contributed by atoms with Crippen LogP contribution in [0.25, 0.3) is 0 Å². The summed E-state index contributed by atoms with van der Waals surface area (Å²) in [7, 11) is -0.528. The minimum atomic E-state index is -3.71. The van der Waals surface area contributed by atoms with Crippen LogP contribution in [0.2, 0.25) is 5.02 Å². The van der Waals surface area contributed by atoms with Gasteiger partial charge in [0, 0.05) is 33.3 Å². The van der Waals surface area contributed by atoms with E-state index in [1.54, 1.807) is 14.2 Å². The van der Waals surface area contributed by atoms with Crippen LogP contribution in [0.5, 0.6) is 0 Å². The molecule has 7 nitrogen and oxygen atoms in total. The van der Waals surface area contributed by atoms with Gasteiger partial charge in [-0.15, -0.1) is 0 Å². The molecule has 1 saturated heterocycles. The molecule has 2 unspecified atom stereocenters. The van der Waals surface area contributed by atoms with Crippen molar-refractivity contribution in [2.75, 3.05) is 20.2 Å². The predicted octanol–water partition coefficient (Wildman–Crippen LogP) is 0.200. The van der Waals surface area contributed by atoms with E-state index in [-0.39, 0.29) is 28.7 Å². The number of hydrogen-bond acceptors (Lipinski definition) is 5. The lowest BCUT2D eigenvalue weighted by Crippen LogP contribution is -2.51. The minimum Gasteiger partial charge on any atom is -0.381 e. The number of methoxy groups -OCH3 is 1. The van der Waals surface area contributed by atoms with Crippen LogP contribution in [0.3, 0.4) is 0 Å². The molecular formula is C11H19ClN4O3S. The highest BCUT2D eigenvalue weighted by Crippen LogP contribution is 2.29. The molecular weight excluding hydrogens is 304 g/mol. The van der Waals surface area contributed by atoms with E-state index in [1.807, 2.05) is 0 Å². The average molecular weight is 323 g/mol. The predicted molar refractivity (Wildman–Crippen MR) is 75.0 cm³/mol. The molecule has 2 N–H and O–H groups in total. The summed E-state index contributed by atoms with van der Waals surface area (Å²) < 4.78 is 33.5. The normalized spacial score (nSPS) is 25.0. The molecule has 0 aliphatic carbocycles. The first-order chi connectivity index (χ1) is 9.41. The average Bonchev–Trinajstić information content (AvgIpc) is 2.77. The molecule has 0 saturated carbocycles. The van der Waals surface area contributed by atoms with E-state index in [0.29, 0.717) is 19.4 Å². The highest BCUT2D eigenvalue weighted by atomic mass is 35.5. The van der Waals surface area contributed by atoms with Crippen molar-refractivity contribution in [3.05, 3.63) is 11.2 Å². The molecule has 2 rings (SSSR count). The molecule has 114 valence electrons. The zero-order valence-corrected chi connectivity index (χ0v) is 13.1. The van der Waals surface area contributed by atoms with Crippen molar-refractivity contribution in [2.24, 2.45) is 12.8 Å². The maximum absolute atomic E-state index is 12.7. The fraction of sp³-hybridized carbons (Fsp3) is 0.727. The summed E-state index contributed by atoms with van der Waals surface area (Å²) in [5.74, 6) is 0. The van der Waals surface area contributed by atoms with Gasteiger partial charge < -0.3 is 10.5 Å². The second-order valence-corrected chi connectivity index (χ2v) is 7.02. The lowest BCUT2D eigenvalue weighted by atomic mass is 10.0. The molecule has 0 radical (unpaired) electrons. The van der Waals surface area contributed by atoms with Crippen LogP contribution in [-0.4, -0.2) is 54.8 Å². The van der Waals surface area contributed by atoms with Gasteiger partial charge >= 0.3 is 0 Å². The van der Waals surface area contributed by atoms with Gasteiger partial charge in [0.15, 0.2) is 5.03 Å². The van der Waals surface area contributed by atoms with E-state index in [1.165, 1.54) is 15.2 Å². The van der Waals surface area contributed by atoms with Crippen molar-refractivity contribution in [3.8, 4) is 0 Å². The number of aryl methyl sites for hydroxylation is 1. The molecule has 1 aromatic rings. The first-order valence-corrected chi connectivity index (χ1v) is 8.15. The third-order valence-corrected chi connectivity index (χ3v) is 6.07. The monoisotopic (exact) mass is 322 g/mol. The van der Waals surface area contributed by atoms with E-state index in [4.69, 9.17) is 22.1 Å². The third kappa shape index (κ3) is 2.71. The van der Waals surface area contributed by atoms with E-state index in [2.05, 4.69) is 5.10 Å². The zero-order chi connectivity index (χ0) is 14.9. The first-order valence-electron chi connectivity index (χ1n) is 6.34. The van der Waals surface area contributed by atoms with Gasteiger partial charge in [0.1, 0.15) is 0 Å². The Morgan fingerprint density at radius 3 is 2.80 bits per heavy atom. The SMILES string of the molecule is COC1CCN(S(=O)(=O)c2c(Cl)cnn2C)C(CN)C1. The Hall–Kier alpha value is -0.670. The van der Waals surface area contributed by atoms with Crippen LogP contribution in [0.1, 0.15) is 12.8 Å². The minimum absolute atomic E-state index is 0.00786. The van der Waals surface area contributed by atoms with Gasteiger partial charge in [-0.1, -0.05) is 11.6 Å². The standard InChI is InChI=1S/C11H19ClN4O3S/c1-15-11(10(12)7-14-15)20(17,18)16-4-3-9(19-2)5-8(16)6-13/h7-9H,3-6,13H2,1-2H3. The van der Waals surface area contributed by atoms with Crippen LogP contribution >= 0.6 is 11.6 Å². The van der Waals surface area contributed by atoms with Gasteiger partial charge in [-0.05, 0) is 12.8 Å². The van der Waals surface area contributed by atoms with Gasteiger partial charge in [0.2, 0.25) is 0 Å². The van der Waals surface area contributed by atoms with E-state index >= 15 is 0 Å². The second-order valence-electron chi connectivity index (χ2n) is 4.81. The van der Waals surface area contributed by atoms with Gasteiger partial charge in [-0.3, -0.25) is 4.68 Å². The van der Waals surface area contributed by atoms with Gasteiger partial charge in [-0.25, -0.2) is 8.42 Å². The summed E-state index contributed by atoms with van der Waals surface area (Å²) in [6.45, 7) is 0.610. The Labute approximate surface area is 123 Å². The Bertz CT molecular complexity index is 555. The van der Waals surface area contributed by atoms with Crippen LogP contribution in [0, 0.1) is 0 Å². The number of sulfonamides is 1. The number of piperidine rings is 1. The van der Waals surface area contributed by atoms with Crippen LogP contribution < -0.4 is 5.73 Å².